The van der Waals surface area contributed by atoms with Gasteiger partial charge in [0.1, 0.15) is 0 Å². The minimum atomic E-state index is -3.52. The Morgan fingerprint density at radius 3 is 2.45 bits per heavy atom. The molecule has 7 nitrogen and oxygen atoms in total. The van der Waals surface area contributed by atoms with E-state index in [1.807, 2.05) is 18.2 Å². The first kappa shape index (κ1) is 27.8. The zero-order valence-corrected chi connectivity index (χ0v) is 20.0. The van der Waals surface area contributed by atoms with Crippen LogP contribution >= 0.6 is 0 Å². The average molecular weight is 460 g/mol. The third kappa shape index (κ3) is 9.85. The van der Waals surface area contributed by atoms with Gasteiger partial charge in [-0.3, -0.25) is 4.79 Å². The summed E-state index contributed by atoms with van der Waals surface area (Å²) in [6, 6.07) is 0. The van der Waals surface area contributed by atoms with Crippen LogP contribution in [0.3, 0.4) is 0 Å². The number of carbonyl (C=O) groups excluding carboxylic acids is 1. The van der Waals surface area contributed by atoms with Gasteiger partial charge in [-0.25, -0.2) is 12.7 Å². The molecule has 0 heterocycles. The predicted octanol–water partition coefficient (Wildman–Crippen LogP) is 2.77. The number of nitrogens with zero attached hydrogens (tertiary/aromatic N) is 1. The fourth-order valence-corrected chi connectivity index (χ4v) is 5.06. The number of rotatable bonds is 14. The molecule has 5 atom stereocenters. The molecule has 0 aromatic rings. The van der Waals surface area contributed by atoms with E-state index in [0.29, 0.717) is 32.1 Å². The van der Waals surface area contributed by atoms with Gasteiger partial charge < -0.3 is 15.3 Å². The van der Waals surface area contributed by atoms with Gasteiger partial charge in [0, 0.05) is 25.3 Å². The molecule has 0 aliphatic heterocycles. The lowest BCUT2D eigenvalue weighted by Gasteiger charge is -2.19. The van der Waals surface area contributed by atoms with E-state index in [-0.39, 0.29) is 24.8 Å². The minimum Gasteiger partial charge on any atom is -0.393 e. The van der Waals surface area contributed by atoms with Crippen LogP contribution in [-0.2, 0) is 14.8 Å². The van der Waals surface area contributed by atoms with Crippen LogP contribution in [0.15, 0.2) is 24.3 Å². The lowest BCUT2D eigenvalue weighted by atomic mass is 9.89. The molecule has 0 saturated heterocycles. The van der Waals surface area contributed by atoms with Gasteiger partial charge in [-0.15, -0.1) is 0 Å². The molecule has 1 fully saturated rings. The van der Waals surface area contributed by atoms with E-state index in [1.165, 1.54) is 0 Å². The lowest BCUT2D eigenvalue weighted by Crippen LogP contribution is -2.35. The Morgan fingerprint density at radius 1 is 1.13 bits per heavy atom. The third-order valence-corrected chi connectivity index (χ3v) is 7.14. The molecule has 0 unspecified atom stereocenters. The van der Waals surface area contributed by atoms with Crippen LogP contribution in [0.2, 0.25) is 0 Å². The highest BCUT2D eigenvalue weighted by Crippen LogP contribution is 2.36. The van der Waals surface area contributed by atoms with Crippen LogP contribution in [0.25, 0.3) is 0 Å². The van der Waals surface area contributed by atoms with E-state index in [9.17, 15) is 28.5 Å². The first-order valence-electron chi connectivity index (χ1n) is 11.5. The van der Waals surface area contributed by atoms with Gasteiger partial charge in [0.05, 0.1) is 24.6 Å². The van der Waals surface area contributed by atoms with Crippen molar-refractivity contribution in [1.82, 2.24) is 4.31 Å². The molecule has 0 bridgehead atoms. The summed E-state index contributed by atoms with van der Waals surface area (Å²) in [4.78, 5) is 12.0. The van der Waals surface area contributed by atoms with Gasteiger partial charge >= 0.3 is 0 Å². The average Bonchev–Trinajstić information content (AvgIpc) is 2.95. The Hall–Kier alpha value is -1.22. The molecule has 31 heavy (non-hydrogen) atoms. The third-order valence-electron chi connectivity index (χ3n) is 5.88. The van der Waals surface area contributed by atoms with Crippen LogP contribution in [0.1, 0.15) is 71.6 Å². The van der Waals surface area contributed by atoms with E-state index in [4.69, 9.17) is 0 Å². The van der Waals surface area contributed by atoms with Crippen LogP contribution in [0, 0.1) is 11.8 Å². The molecule has 0 aromatic carbocycles. The molecule has 0 spiro atoms. The van der Waals surface area contributed by atoms with Crippen LogP contribution in [-0.4, -0.2) is 65.1 Å². The number of sulfonamides is 1. The summed E-state index contributed by atoms with van der Waals surface area (Å²) in [5, 5.41) is 30.7. The molecule has 3 N–H and O–H groups in total. The normalized spacial score (nSPS) is 25.5. The molecular formula is C23H41NO6S. The predicted molar refractivity (Wildman–Crippen MR) is 123 cm³/mol. The summed E-state index contributed by atoms with van der Waals surface area (Å²) in [6.07, 6.45) is 12.9. The zero-order valence-electron chi connectivity index (χ0n) is 19.2. The molecule has 1 rings (SSSR count). The Labute approximate surface area is 187 Å². The van der Waals surface area contributed by atoms with E-state index >= 15 is 0 Å². The van der Waals surface area contributed by atoms with Gasteiger partial charge in [-0.2, -0.15) is 0 Å². The molecular weight excluding hydrogens is 418 g/mol. The molecule has 1 aliphatic carbocycles. The fourth-order valence-electron chi connectivity index (χ4n) is 4.13. The Morgan fingerprint density at radius 2 is 1.84 bits per heavy atom. The van der Waals surface area contributed by atoms with E-state index in [0.717, 1.165) is 29.8 Å². The van der Waals surface area contributed by atoms with Crippen molar-refractivity contribution in [2.75, 3.05) is 12.8 Å². The first-order chi connectivity index (χ1) is 14.6. The van der Waals surface area contributed by atoms with Crippen molar-refractivity contribution in [2.45, 2.75) is 89.9 Å². The highest BCUT2D eigenvalue weighted by molar-refractivity contribution is 7.88. The monoisotopic (exact) mass is 459 g/mol. The molecule has 8 heteroatoms. The topological polar surface area (TPSA) is 115 Å². The highest BCUT2D eigenvalue weighted by atomic mass is 32.2. The van der Waals surface area contributed by atoms with Crippen molar-refractivity contribution in [3.63, 3.8) is 0 Å². The maximum atomic E-state index is 12.0. The molecule has 1 saturated carbocycles. The largest absolute Gasteiger partial charge is 0.393 e. The highest BCUT2D eigenvalue weighted by Gasteiger charge is 2.39. The smallest absolute Gasteiger partial charge is 0.236 e. The van der Waals surface area contributed by atoms with E-state index in [1.54, 1.807) is 13.0 Å². The van der Waals surface area contributed by atoms with Crippen LogP contribution in [0.4, 0.5) is 0 Å². The quantitative estimate of drug-likeness (QED) is 0.272. The van der Waals surface area contributed by atoms with Gasteiger partial charge in [0.25, 0.3) is 0 Å². The number of aliphatic hydroxyl groups is 3. The molecule has 1 amide bonds. The van der Waals surface area contributed by atoms with Gasteiger partial charge in [0.2, 0.25) is 15.9 Å². The van der Waals surface area contributed by atoms with Crippen molar-refractivity contribution in [3.05, 3.63) is 24.3 Å². The number of carbonyl (C=O) groups is 1. The number of hydrogen-bond acceptors (Lipinski definition) is 6. The van der Waals surface area contributed by atoms with Crippen molar-refractivity contribution < 1.29 is 28.5 Å². The minimum absolute atomic E-state index is 0.118. The van der Waals surface area contributed by atoms with E-state index < -0.39 is 34.2 Å². The maximum absolute atomic E-state index is 12.0. The number of amides is 1. The van der Waals surface area contributed by atoms with Crippen LogP contribution in [0.5, 0.6) is 0 Å². The summed E-state index contributed by atoms with van der Waals surface area (Å²) >= 11 is 0. The number of allylic oxidation sites excluding steroid dienone is 2. The first-order valence-corrected chi connectivity index (χ1v) is 13.3. The maximum Gasteiger partial charge on any atom is 0.236 e. The summed E-state index contributed by atoms with van der Waals surface area (Å²) in [5.41, 5.74) is 0. The SMILES string of the molecule is CCCCC[C@H](O)C=C[C@@H]1[C@@H](CC=CCCCC(=O)N(CC)S(C)(=O)=O)[C@@H](O)C[C@H]1O. The summed E-state index contributed by atoms with van der Waals surface area (Å²) in [7, 11) is -3.52. The second kappa shape index (κ2) is 14.0. The molecule has 1 aliphatic rings. The van der Waals surface area contributed by atoms with Gasteiger partial charge in [-0.05, 0) is 38.5 Å². The number of hydrogen-bond donors (Lipinski definition) is 3. The summed E-state index contributed by atoms with van der Waals surface area (Å²) < 4.78 is 24.0. The van der Waals surface area contributed by atoms with Gasteiger partial charge in [-0.1, -0.05) is 50.5 Å². The molecule has 0 radical (unpaired) electrons. The molecule has 0 aromatic heterocycles. The van der Waals surface area contributed by atoms with Crippen molar-refractivity contribution >= 4 is 15.9 Å². The standard InChI is InChI=1S/C23H41NO6S/c1-4-6-9-12-18(25)15-16-20-19(21(26)17-22(20)27)13-10-7-8-11-14-23(28)24(5-2)31(3,29)30/h7,10,15-16,18-22,25-27H,4-6,8-9,11-14,17H2,1-3H3/t18-,19+,20+,21-,22+/m0/s1. The van der Waals surface area contributed by atoms with E-state index in [2.05, 4.69) is 6.92 Å². The number of unbranched alkanes of at least 4 members (excludes halogenated alkanes) is 3. The molecule has 180 valence electrons. The second-order valence-electron chi connectivity index (χ2n) is 8.48. The summed E-state index contributed by atoms with van der Waals surface area (Å²) in [6.45, 7) is 3.89. The van der Waals surface area contributed by atoms with Crippen molar-refractivity contribution in [1.29, 1.82) is 0 Å². The number of aliphatic hydroxyl groups excluding tert-OH is 3. The summed E-state index contributed by atoms with van der Waals surface area (Å²) in [5.74, 6) is -0.710. The Kier molecular flexibility index (Phi) is 12.6. The van der Waals surface area contributed by atoms with Crippen molar-refractivity contribution in [3.8, 4) is 0 Å². The Bertz CT molecular complexity index is 690. The Balaban J connectivity index is 2.48. The van der Waals surface area contributed by atoms with Crippen LogP contribution < -0.4 is 0 Å². The van der Waals surface area contributed by atoms with Crippen molar-refractivity contribution in [2.24, 2.45) is 11.8 Å². The lowest BCUT2D eigenvalue weighted by molar-refractivity contribution is -0.126. The van der Waals surface area contributed by atoms with Gasteiger partial charge in [0.15, 0.2) is 0 Å². The fraction of sp³-hybridized carbons (Fsp3) is 0.783. The second-order valence-corrected chi connectivity index (χ2v) is 10.4. The zero-order chi connectivity index (χ0) is 23.4.